The van der Waals surface area contributed by atoms with Gasteiger partial charge in [-0.05, 0) is 49.7 Å². The van der Waals surface area contributed by atoms with Gasteiger partial charge >= 0.3 is 0 Å². The molecule has 1 fully saturated rings. The van der Waals surface area contributed by atoms with Crippen molar-refractivity contribution in [3.63, 3.8) is 0 Å². The van der Waals surface area contributed by atoms with Crippen LogP contribution in [0.3, 0.4) is 0 Å². The van der Waals surface area contributed by atoms with E-state index in [0.29, 0.717) is 17.9 Å². The third-order valence-electron chi connectivity index (χ3n) is 4.99. The highest BCUT2D eigenvalue weighted by Gasteiger charge is 2.13. The molecule has 0 unspecified atom stereocenters. The van der Waals surface area contributed by atoms with E-state index in [0.717, 1.165) is 25.2 Å². The van der Waals surface area contributed by atoms with Crippen LogP contribution in [0.5, 0.6) is 0 Å². The molecule has 0 saturated carbocycles. The molecule has 1 aromatic carbocycles. The summed E-state index contributed by atoms with van der Waals surface area (Å²) in [4.78, 5) is 23.5. The number of carbonyl (C=O) groups excluding carboxylic acids is 1. The Morgan fingerprint density at radius 3 is 2.82 bits per heavy atom. The first kappa shape index (κ1) is 18.3. The lowest BCUT2D eigenvalue weighted by Gasteiger charge is -2.26. The highest BCUT2D eigenvalue weighted by Crippen LogP contribution is 2.15. The summed E-state index contributed by atoms with van der Waals surface area (Å²) in [5.74, 6) is 0.577. The number of piperidine rings is 1. The van der Waals surface area contributed by atoms with Crippen LogP contribution in [-0.4, -0.2) is 43.6 Å². The Balaban J connectivity index is 1.41. The Labute approximate surface area is 164 Å². The number of rotatable bonds is 6. The van der Waals surface area contributed by atoms with E-state index >= 15 is 0 Å². The molecule has 4 rings (SSSR count). The first-order valence-electron chi connectivity index (χ1n) is 9.68. The molecule has 1 saturated heterocycles. The Morgan fingerprint density at radius 2 is 2.00 bits per heavy atom. The summed E-state index contributed by atoms with van der Waals surface area (Å²) < 4.78 is 1.60. The summed E-state index contributed by atoms with van der Waals surface area (Å²) in [6, 6.07) is 11.7. The molecule has 0 bridgehead atoms. The van der Waals surface area contributed by atoms with Crippen molar-refractivity contribution in [3.05, 3.63) is 71.9 Å². The molecule has 144 valence electrons. The molecular weight excluding hydrogens is 352 g/mol. The molecular formula is C21H24N6O. The summed E-state index contributed by atoms with van der Waals surface area (Å²) in [6.07, 6.45) is 8.61. The lowest BCUT2D eigenvalue weighted by atomic mass is 10.1. The number of likely N-dealkylation sites (tertiary alicyclic amines) is 1. The normalized spacial score (nSPS) is 14.7. The third-order valence-corrected chi connectivity index (χ3v) is 4.99. The Morgan fingerprint density at radius 1 is 1.11 bits per heavy atom. The van der Waals surface area contributed by atoms with Gasteiger partial charge in [-0.1, -0.05) is 24.6 Å². The lowest BCUT2D eigenvalue weighted by Crippen LogP contribution is -2.29. The molecule has 3 aromatic rings. The molecule has 2 aromatic heterocycles. The number of carbonyl (C=O) groups is 1. The smallest absolute Gasteiger partial charge is 0.251 e. The number of hydrogen-bond acceptors (Lipinski definition) is 5. The number of pyridine rings is 1. The first-order valence-corrected chi connectivity index (χ1v) is 9.68. The lowest BCUT2D eigenvalue weighted by molar-refractivity contribution is 0.0950. The molecule has 0 aliphatic carbocycles. The monoisotopic (exact) mass is 376 g/mol. The molecule has 1 N–H and O–H groups in total. The van der Waals surface area contributed by atoms with Crippen LogP contribution in [0.1, 0.15) is 40.7 Å². The number of hydrogen-bond donors (Lipinski definition) is 1. The van der Waals surface area contributed by atoms with Gasteiger partial charge in [0.1, 0.15) is 12.7 Å². The van der Waals surface area contributed by atoms with Crippen molar-refractivity contribution in [3.8, 4) is 5.82 Å². The van der Waals surface area contributed by atoms with Gasteiger partial charge < -0.3 is 5.32 Å². The number of nitrogens with zero attached hydrogens (tertiary/aromatic N) is 5. The van der Waals surface area contributed by atoms with E-state index in [-0.39, 0.29) is 5.91 Å². The fourth-order valence-corrected chi connectivity index (χ4v) is 3.56. The minimum atomic E-state index is -0.0890. The average molecular weight is 376 g/mol. The molecule has 1 aliphatic heterocycles. The number of aromatic nitrogens is 4. The second-order valence-electron chi connectivity index (χ2n) is 7.05. The summed E-state index contributed by atoms with van der Waals surface area (Å²) in [5, 5.41) is 7.12. The summed E-state index contributed by atoms with van der Waals surface area (Å²) >= 11 is 0. The van der Waals surface area contributed by atoms with Crippen molar-refractivity contribution < 1.29 is 4.79 Å². The van der Waals surface area contributed by atoms with Crippen LogP contribution in [0.4, 0.5) is 0 Å². The molecule has 0 atom stereocenters. The molecule has 7 heteroatoms. The van der Waals surface area contributed by atoms with Crippen molar-refractivity contribution in [2.45, 2.75) is 32.4 Å². The van der Waals surface area contributed by atoms with E-state index in [1.54, 1.807) is 17.2 Å². The second kappa shape index (κ2) is 8.75. The maximum absolute atomic E-state index is 12.7. The van der Waals surface area contributed by atoms with Crippen LogP contribution in [0.2, 0.25) is 0 Å². The zero-order chi connectivity index (χ0) is 19.2. The SMILES string of the molecule is O=C(NCc1cccnc1-n1cncn1)c1cccc(CN2CCCCC2)c1. The van der Waals surface area contributed by atoms with Crippen molar-refractivity contribution in [1.29, 1.82) is 0 Å². The Hall–Kier alpha value is -3.06. The minimum absolute atomic E-state index is 0.0890. The van der Waals surface area contributed by atoms with Crippen LogP contribution >= 0.6 is 0 Å². The number of nitrogens with one attached hydrogen (secondary N) is 1. The van der Waals surface area contributed by atoms with Crippen LogP contribution in [0.15, 0.2) is 55.2 Å². The molecule has 0 spiro atoms. The largest absolute Gasteiger partial charge is 0.348 e. The first-order chi connectivity index (χ1) is 13.8. The highest BCUT2D eigenvalue weighted by molar-refractivity contribution is 5.94. The maximum Gasteiger partial charge on any atom is 0.251 e. The van der Waals surface area contributed by atoms with Gasteiger partial charge in [0.25, 0.3) is 5.91 Å². The van der Waals surface area contributed by atoms with Crippen molar-refractivity contribution in [1.82, 2.24) is 30.0 Å². The fourth-order valence-electron chi connectivity index (χ4n) is 3.56. The van der Waals surface area contributed by atoms with Gasteiger partial charge in [0, 0.05) is 30.4 Å². The number of amides is 1. The van der Waals surface area contributed by atoms with Gasteiger partial charge in [0.2, 0.25) is 0 Å². The van der Waals surface area contributed by atoms with Gasteiger partial charge in [0.15, 0.2) is 5.82 Å². The van der Waals surface area contributed by atoms with E-state index in [1.807, 2.05) is 30.3 Å². The minimum Gasteiger partial charge on any atom is -0.348 e. The number of benzene rings is 1. The van der Waals surface area contributed by atoms with Crippen LogP contribution in [0, 0.1) is 0 Å². The fraction of sp³-hybridized carbons (Fsp3) is 0.333. The van der Waals surface area contributed by atoms with Crippen molar-refractivity contribution in [2.75, 3.05) is 13.1 Å². The zero-order valence-electron chi connectivity index (χ0n) is 15.8. The topological polar surface area (TPSA) is 75.9 Å². The summed E-state index contributed by atoms with van der Waals surface area (Å²) in [5.41, 5.74) is 2.74. The van der Waals surface area contributed by atoms with Crippen LogP contribution in [0.25, 0.3) is 5.82 Å². The van der Waals surface area contributed by atoms with Crippen molar-refractivity contribution in [2.24, 2.45) is 0 Å². The van der Waals surface area contributed by atoms with Gasteiger partial charge in [0.05, 0.1) is 0 Å². The Kier molecular flexibility index (Phi) is 5.72. The molecule has 0 radical (unpaired) electrons. The quantitative estimate of drug-likeness (QED) is 0.716. The molecule has 3 heterocycles. The van der Waals surface area contributed by atoms with E-state index in [2.05, 4.69) is 31.3 Å². The summed E-state index contributed by atoms with van der Waals surface area (Å²) in [7, 11) is 0. The third kappa shape index (κ3) is 4.43. The van der Waals surface area contributed by atoms with Crippen molar-refractivity contribution >= 4 is 5.91 Å². The van der Waals surface area contributed by atoms with Gasteiger partial charge in [-0.3, -0.25) is 9.69 Å². The second-order valence-corrected chi connectivity index (χ2v) is 7.05. The van der Waals surface area contributed by atoms with Crippen LogP contribution < -0.4 is 5.32 Å². The highest BCUT2D eigenvalue weighted by atomic mass is 16.1. The average Bonchev–Trinajstić information content (AvgIpc) is 3.28. The van der Waals surface area contributed by atoms with Gasteiger partial charge in [-0.25, -0.2) is 14.6 Å². The zero-order valence-corrected chi connectivity index (χ0v) is 15.8. The molecule has 1 amide bonds. The molecule has 1 aliphatic rings. The van der Waals surface area contributed by atoms with E-state index in [9.17, 15) is 4.79 Å². The standard InChI is InChI=1S/C21H24N6O/c28-21(18-7-4-6-17(12-18)14-26-10-2-1-3-11-26)24-13-19-8-5-9-23-20(19)27-16-22-15-25-27/h4-9,12,15-16H,1-3,10-11,13-14H2,(H,24,28). The Bertz CT molecular complexity index is 918. The van der Waals surface area contributed by atoms with Gasteiger partial charge in [-0.15, -0.1) is 0 Å². The van der Waals surface area contributed by atoms with Gasteiger partial charge in [-0.2, -0.15) is 5.10 Å². The van der Waals surface area contributed by atoms with Crippen LogP contribution in [-0.2, 0) is 13.1 Å². The van der Waals surface area contributed by atoms with E-state index < -0.39 is 0 Å². The maximum atomic E-state index is 12.7. The summed E-state index contributed by atoms with van der Waals surface area (Å²) in [6.45, 7) is 3.56. The molecule has 28 heavy (non-hydrogen) atoms. The predicted octanol–water partition coefficient (Wildman–Crippen LogP) is 2.58. The predicted molar refractivity (Wildman–Crippen MR) is 106 cm³/mol. The molecule has 7 nitrogen and oxygen atoms in total. The van der Waals surface area contributed by atoms with E-state index in [1.165, 1.54) is 31.2 Å². The van der Waals surface area contributed by atoms with E-state index in [4.69, 9.17) is 0 Å².